The van der Waals surface area contributed by atoms with Crippen LogP contribution in [-0.2, 0) is 26.6 Å². The van der Waals surface area contributed by atoms with Crippen LogP contribution in [0.4, 0.5) is 5.69 Å². The van der Waals surface area contributed by atoms with Crippen molar-refractivity contribution >= 4 is 5.69 Å². The third-order valence-corrected chi connectivity index (χ3v) is 3.54. The van der Waals surface area contributed by atoms with Crippen molar-refractivity contribution in [3.05, 3.63) is 47.3 Å². The molecule has 18 heavy (non-hydrogen) atoms. The zero-order chi connectivity index (χ0) is 12.5. The monoisotopic (exact) mass is 242 g/mol. The van der Waals surface area contributed by atoms with Gasteiger partial charge >= 0.3 is 0 Å². The Labute approximate surface area is 107 Å². The molecule has 0 aliphatic carbocycles. The van der Waals surface area contributed by atoms with Gasteiger partial charge < -0.3 is 5.73 Å². The molecular weight excluding hydrogens is 224 g/mol. The molecular formula is C14H18N4. The number of anilines is 1. The first-order valence-electron chi connectivity index (χ1n) is 6.29. The largest absolute Gasteiger partial charge is 0.398 e. The molecule has 0 saturated heterocycles. The Balaban J connectivity index is 1.63. The molecule has 1 aliphatic rings. The molecule has 94 valence electrons. The summed E-state index contributed by atoms with van der Waals surface area (Å²) in [6.45, 7) is 3.01. The molecule has 0 atom stereocenters. The summed E-state index contributed by atoms with van der Waals surface area (Å²) < 4.78 is 1.85. The second-order valence-electron chi connectivity index (χ2n) is 4.93. The van der Waals surface area contributed by atoms with Gasteiger partial charge in [0.25, 0.3) is 0 Å². The van der Waals surface area contributed by atoms with Crippen LogP contribution in [-0.4, -0.2) is 21.2 Å². The zero-order valence-electron chi connectivity index (χ0n) is 10.6. The lowest BCUT2D eigenvalue weighted by atomic mass is 10.1. The highest BCUT2D eigenvalue weighted by atomic mass is 15.2. The molecule has 1 aromatic carbocycles. The Kier molecular flexibility index (Phi) is 2.80. The van der Waals surface area contributed by atoms with E-state index in [9.17, 15) is 0 Å². The molecule has 1 aromatic heterocycles. The van der Waals surface area contributed by atoms with Crippen LogP contribution < -0.4 is 5.73 Å². The van der Waals surface area contributed by atoms with Crippen molar-refractivity contribution < 1.29 is 0 Å². The van der Waals surface area contributed by atoms with E-state index in [1.54, 1.807) is 0 Å². The number of nitrogens with two attached hydrogens (primary N) is 1. The molecule has 0 saturated carbocycles. The van der Waals surface area contributed by atoms with Crippen LogP contribution in [0.5, 0.6) is 0 Å². The van der Waals surface area contributed by atoms with Gasteiger partial charge in [0.2, 0.25) is 0 Å². The average molecular weight is 242 g/mol. The van der Waals surface area contributed by atoms with Gasteiger partial charge in [0.1, 0.15) is 0 Å². The van der Waals surface area contributed by atoms with Crippen LogP contribution in [0, 0.1) is 0 Å². The highest BCUT2D eigenvalue weighted by Gasteiger charge is 2.20. The van der Waals surface area contributed by atoms with Crippen LogP contribution in [0.3, 0.4) is 0 Å². The van der Waals surface area contributed by atoms with Gasteiger partial charge in [0.05, 0.1) is 5.69 Å². The summed E-state index contributed by atoms with van der Waals surface area (Å²) >= 11 is 0. The maximum Gasteiger partial charge on any atom is 0.0637 e. The molecule has 4 heteroatoms. The van der Waals surface area contributed by atoms with Crippen molar-refractivity contribution in [1.82, 2.24) is 14.7 Å². The first-order valence-corrected chi connectivity index (χ1v) is 6.29. The number of nitrogens with zero attached hydrogens (tertiary/aromatic N) is 3. The summed E-state index contributed by atoms with van der Waals surface area (Å²) in [5, 5.41) is 4.40. The average Bonchev–Trinajstić information content (AvgIpc) is 2.93. The molecule has 2 heterocycles. The fraction of sp³-hybridized carbons (Fsp3) is 0.357. The second kappa shape index (κ2) is 4.46. The van der Waals surface area contributed by atoms with E-state index < -0.39 is 0 Å². The summed E-state index contributed by atoms with van der Waals surface area (Å²) in [4.78, 5) is 2.43. The number of benzene rings is 1. The summed E-state index contributed by atoms with van der Waals surface area (Å²) in [6.07, 6.45) is 2.99. The SMILES string of the molecule is Cn1ccc(CCN2Cc3cccc(N)c3C2)n1. The molecule has 2 N–H and O–H groups in total. The Morgan fingerprint density at radius 1 is 1.28 bits per heavy atom. The molecule has 1 aliphatic heterocycles. The third kappa shape index (κ3) is 2.11. The standard InChI is InChI=1S/C14H18N4/c1-17-7-5-12(16-17)6-8-18-9-11-3-2-4-14(15)13(11)10-18/h2-5,7H,6,8-10,15H2,1H3. The van der Waals surface area contributed by atoms with E-state index in [2.05, 4.69) is 22.1 Å². The lowest BCUT2D eigenvalue weighted by molar-refractivity contribution is 0.287. The number of aryl methyl sites for hydroxylation is 1. The minimum atomic E-state index is 0.924. The Morgan fingerprint density at radius 3 is 2.89 bits per heavy atom. The minimum absolute atomic E-state index is 0.924. The quantitative estimate of drug-likeness (QED) is 0.831. The van der Waals surface area contributed by atoms with Crippen LogP contribution in [0.1, 0.15) is 16.8 Å². The molecule has 0 amide bonds. The molecule has 2 aromatic rings. The van der Waals surface area contributed by atoms with Crippen molar-refractivity contribution in [3.8, 4) is 0 Å². The first-order chi connectivity index (χ1) is 8.72. The number of aromatic nitrogens is 2. The number of nitrogen functional groups attached to an aromatic ring is 1. The smallest absolute Gasteiger partial charge is 0.0637 e. The number of hydrogen-bond donors (Lipinski definition) is 1. The third-order valence-electron chi connectivity index (χ3n) is 3.54. The maximum atomic E-state index is 6.00. The zero-order valence-corrected chi connectivity index (χ0v) is 10.6. The maximum absolute atomic E-state index is 6.00. The van der Waals surface area contributed by atoms with Gasteiger partial charge in [-0.25, -0.2) is 0 Å². The summed E-state index contributed by atoms with van der Waals surface area (Å²) in [6, 6.07) is 8.28. The van der Waals surface area contributed by atoms with Crippen molar-refractivity contribution in [2.24, 2.45) is 7.05 Å². The summed E-state index contributed by atoms with van der Waals surface area (Å²) in [7, 11) is 1.95. The topological polar surface area (TPSA) is 47.1 Å². The van der Waals surface area contributed by atoms with Crippen molar-refractivity contribution in [2.45, 2.75) is 19.5 Å². The number of fused-ring (bicyclic) bond motifs is 1. The highest BCUT2D eigenvalue weighted by molar-refractivity contribution is 5.52. The predicted octanol–water partition coefficient (Wildman–Crippen LogP) is 1.56. The van der Waals surface area contributed by atoms with Crippen LogP contribution >= 0.6 is 0 Å². The van der Waals surface area contributed by atoms with Crippen molar-refractivity contribution in [3.63, 3.8) is 0 Å². The van der Waals surface area contributed by atoms with Gasteiger partial charge in [0.15, 0.2) is 0 Å². The van der Waals surface area contributed by atoms with Crippen LogP contribution in [0.15, 0.2) is 30.5 Å². The number of rotatable bonds is 3. The van der Waals surface area contributed by atoms with Gasteiger partial charge in [-0.3, -0.25) is 9.58 Å². The molecule has 0 spiro atoms. The summed E-state index contributed by atoms with van der Waals surface area (Å²) in [5.74, 6) is 0. The van der Waals surface area contributed by atoms with E-state index >= 15 is 0 Å². The molecule has 0 unspecified atom stereocenters. The van der Waals surface area contributed by atoms with E-state index in [-0.39, 0.29) is 0 Å². The van der Waals surface area contributed by atoms with E-state index in [4.69, 9.17) is 5.73 Å². The normalized spacial score (nSPS) is 14.9. The fourth-order valence-electron chi connectivity index (χ4n) is 2.54. The predicted molar refractivity (Wildman–Crippen MR) is 71.9 cm³/mol. The van der Waals surface area contributed by atoms with E-state index in [1.165, 1.54) is 11.1 Å². The van der Waals surface area contributed by atoms with Gasteiger partial charge in [-0.15, -0.1) is 0 Å². The molecule has 4 nitrogen and oxygen atoms in total. The fourth-order valence-corrected chi connectivity index (χ4v) is 2.54. The van der Waals surface area contributed by atoms with E-state index in [0.717, 1.165) is 37.4 Å². The second-order valence-corrected chi connectivity index (χ2v) is 4.93. The molecule has 3 rings (SSSR count). The Bertz CT molecular complexity index is 559. The molecule has 0 fully saturated rings. The lowest BCUT2D eigenvalue weighted by Crippen LogP contribution is -2.19. The number of hydrogen-bond acceptors (Lipinski definition) is 3. The van der Waals surface area contributed by atoms with Crippen molar-refractivity contribution in [1.29, 1.82) is 0 Å². The summed E-state index contributed by atoms with van der Waals surface area (Å²) in [5.41, 5.74) is 10.8. The van der Waals surface area contributed by atoms with Gasteiger partial charge in [-0.05, 0) is 23.3 Å². The van der Waals surface area contributed by atoms with Crippen LogP contribution in [0.2, 0.25) is 0 Å². The van der Waals surface area contributed by atoms with Crippen LogP contribution in [0.25, 0.3) is 0 Å². The highest BCUT2D eigenvalue weighted by Crippen LogP contribution is 2.27. The van der Waals surface area contributed by atoms with Gasteiger partial charge in [-0.1, -0.05) is 12.1 Å². The Hall–Kier alpha value is -1.81. The van der Waals surface area contributed by atoms with E-state index in [1.807, 2.05) is 30.1 Å². The minimum Gasteiger partial charge on any atom is -0.398 e. The van der Waals surface area contributed by atoms with Gasteiger partial charge in [0, 0.05) is 45.0 Å². The van der Waals surface area contributed by atoms with Gasteiger partial charge in [-0.2, -0.15) is 5.10 Å². The van der Waals surface area contributed by atoms with E-state index in [0.29, 0.717) is 0 Å². The first kappa shape index (κ1) is 11.3. The van der Waals surface area contributed by atoms with Crippen molar-refractivity contribution in [2.75, 3.05) is 12.3 Å². The molecule has 0 bridgehead atoms. The Morgan fingerprint density at radius 2 is 2.17 bits per heavy atom. The lowest BCUT2D eigenvalue weighted by Gasteiger charge is -2.13. The molecule has 0 radical (unpaired) electrons.